The molecule has 1 unspecified atom stereocenters. The molecular formula is C20H28F2N4O3S. The Hall–Kier alpha value is -2.07. The maximum absolute atomic E-state index is 14.0. The molecule has 0 aromatic heterocycles. The van der Waals surface area contributed by atoms with E-state index < -0.39 is 32.1 Å². The highest BCUT2D eigenvalue weighted by molar-refractivity contribution is 7.89. The molecule has 2 heterocycles. The Morgan fingerprint density at radius 3 is 2.50 bits per heavy atom. The largest absolute Gasteiger partial charge is 0.342 e. The summed E-state index contributed by atoms with van der Waals surface area (Å²) in [7, 11) is -4.14. The zero-order chi connectivity index (χ0) is 22.3. The number of hydrogen-bond acceptors (Lipinski definition) is 4. The molecule has 0 aliphatic carbocycles. The van der Waals surface area contributed by atoms with Crippen LogP contribution in [0, 0.1) is 28.9 Å². The van der Waals surface area contributed by atoms with Gasteiger partial charge in [-0.2, -0.15) is 4.31 Å². The fraction of sp³-hybridized carbons (Fsp3) is 0.600. The SMILES string of the molecule is CC(C)CC1(C)NC(=N)N(CC2CCN(S(=O)(=O)c3cc(F)ccc3F)CC2)C1=O. The number of hydrogen-bond donors (Lipinski definition) is 2. The van der Waals surface area contributed by atoms with Gasteiger partial charge in [0.2, 0.25) is 10.0 Å². The normalized spacial score (nSPS) is 24.0. The highest BCUT2D eigenvalue weighted by Crippen LogP contribution is 2.29. The standard InChI is InChI=1S/C20H28F2N4O3S/c1-13(2)11-20(3)18(27)26(19(23)24-20)12-14-6-8-25(9-7-14)30(28,29)17-10-15(21)4-5-16(17)22/h4-5,10,13-14H,6-9,11-12H2,1-3H3,(H2,23,24). The van der Waals surface area contributed by atoms with E-state index in [1.165, 1.54) is 4.90 Å². The number of rotatable bonds is 6. The number of sulfonamides is 1. The number of piperidine rings is 1. The minimum Gasteiger partial charge on any atom is -0.342 e. The Morgan fingerprint density at radius 2 is 1.90 bits per heavy atom. The maximum Gasteiger partial charge on any atom is 0.254 e. The van der Waals surface area contributed by atoms with Crippen molar-refractivity contribution < 1.29 is 22.0 Å². The van der Waals surface area contributed by atoms with Gasteiger partial charge in [-0.05, 0) is 56.2 Å². The van der Waals surface area contributed by atoms with Gasteiger partial charge in [0.05, 0.1) is 0 Å². The third-order valence-electron chi connectivity index (χ3n) is 5.72. The molecule has 166 valence electrons. The zero-order valence-electron chi connectivity index (χ0n) is 17.4. The van der Waals surface area contributed by atoms with Crippen LogP contribution >= 0.6 is 0 Å². The average Bonchev–Trinajstić information content (AvgIpc) is 2.86. The number of amides is 1. The van der Waals surface area contributed by atoms with E-state index in [9.17, 15) is 22.0 Å². The van der Waals surface area contributed by atoms with Crippen molar-refractivity contribution in [2.45, 2.75) is 50.5 Å². The molecule has 2 aliphatic rings. The van der Waals surface area contributed by atoms with Gasteiger partial charge in [0.15, 0.2) is 5.96 Å². The lowest BCUT2D eigenvalue weighted by Gasteiger charge is -2.33. The summed E-state index contributed by atoms with van der Waals surface area (Å²) in [5.41, 5.74) is -0.801. The molecule has 2 fully saturated rings. The Balaban J connectivity index is 1.64. The van der Waals surface area contributed by atoms with E-state index in [1.54, 1.807) is 6.92 Å². The van der Waals surface area contributed by atoms with Crippen LogP contribution in [0.15, 0.2) is 23.1 Å². The first-order valence-electron chi connectivity index (χ1n) is 10.1. The van der Waals surface area contributed by atoms with Gasteiger partial charge in [-0.3, -0.25) is 15.1 Å². The van der Waals surface area contributed by atoms with Crippen molar-refractivity contribution in [3.63, 3.8) is 0 Å². The highest BCUT2D eigenvalue weighted by Gasteiger charge is 2.46. The number of nitrogens with one attached hydrogen (secondary N) is 2. The van der Waals surface area contributed by atoms with E-state index in [0.717, 1.165) is 16.4 Å². The van der Waals surface area contributed by atoms with Gasteiger partial charge in [0.1, 0.15) is 22.1 Å². The Labute approximate surface area is 176 Å². The van der Waals surface area contributed by atoms with Crippen molar-refractivity contribution in [1.29, 1.82) is 5.41 Å². The molecule has 1 atom stereocenters. The van der Waals surface area contributed by atoms with E-state index in [2.05, 4.69) is 5.32 Å². The molecule has 0 bridgehead atoms. The summed E-state index contributed by atoms with van der Waals surface area (Å²) in [5, 5.41) is 11.2. The number of carbonyl (C=O) groups is 1. The number of benzene rings is 1. The molecule has 1 amide bonds. The average molecular weight is 443 g/mol. The second-order valence-electron chi connectivity index (χ2n) is 8.74. The van der Waals surface area contributed by atoms with Gasteiger partial charge in [-0.1, -0.05) is 13.8 Å². The predicted molar refractivity (Wildman–Crippen MR) is 108 cm³/mol. The lowest BCUT2D eigenvalue weighted by atomic mass is 9.90. The second-order valence-corrected chi connectivity index (χ2v) is 10.6. The number of nitrogens with zero attached hydrogens (tertiary/aromatic N) is 2. The molecular weight excluding hydrogens is 414 g/mol. The molecule has 3 rings (SSSR count). The summed E-state index contributed by atoms with van der Waals surface area (Å²) < 4.78 is 54.0. The van der Waals surface area contributed by atoms with Crippen LogP contribution in [0.2, 0.25) is 0 Å². The minimum absolute atomic E-state index is 0.0151. The van der Waals surface area contributed by atoms with Gasteiger partial charge in [0, 0.05) is 19.6 Å². The van der Waals surface area contributed by atoms with Crippen LogP contribution in [0.5, 0.6) is 0 Å². The fourth-order valence-corrected chi connectivity index (χ4v) is 5.86. The Bertz CT molecular complexity index is 945. The topological polar surface area (TPSA) is 93.6 Å². The van der Waals surface area contributed by atoms with E-state index in [1.807, 2.05) is 13.8 Å². The van der Waals surface area contributed by atoms with Crippen LogP contribution in [0.1, 0.15) is 40.0 Å². The number of carbonyl (C=O) groups excluding carboxylic acids is 1. The maximum atomic E-state index is 14.0. The van der Waals surface area contributed by atoms with E-state index in [-0.39, 0.29) is 36.8 Å². The van der Waals surface area contributed by atoms with Crippen LogP contribution in [0.4, 0.5) is 8.78 Å². The second kappa shape index (κ2) is 8.22. The van der Waals surface area contributed by atoms with E-state index in [4.69, 9.17) is 5.41 Å². The lowest BCUT2D eigenvalue weighted by molar-refractivity contribution is -0.131. The first kappa shape index (κ1) is 22.6. The molecule has 2 aliphatic heterocycles. The van der Waals surface area contributed by atoms with Gasteiger partial charge in [0.25, 0.3) is 5.91 Å². The molecule has 0 spiro atoms. The molecule has 10 heteroatoms. The summed E-state index contributed by atoms with van der Waals surface area (Å²) >= 11 is 0. The van der Waals surface area contributed by atoms with Gasteiger partial charge in [-0.25, -0.2) is 17.2 Å². The summed E-state index contributed by atoms with van der Waals surface area (Å²) in [4.78, 5) is 13.6. The lowest BCUT2D eigenvalue weighted by Crippen LogP contribution is -2.46. The summed E-state index contributed by atoms with van der Waals surface area (Å²) in [6, 6.07) is 2.38. The van der Waals surface area contributed by atoms with Gasteiger partial charge in [-0.15, -0.1) is 0 Å². The zero-order valence-corrected chi connectivity index (χ0v) is 18.2. The first-order chi connectivity index (χ1) is 13.9. The Morgan fingerprint density at radius 1 is 1.27 bits per heavy atom. The van der Waals surface area contributed by atoms with Gasteiger partial charge >= 0.3 is 0 Å². The van der Waals surface area contributed by atoms with Crippen molar-refractivity contribution >= 4 is 21.9 Å². The van der Waals surface area contributed by atoms with Crippen molar-refractivity contribution in [2.75, 3.05) is 19.6 Å². The molecule has 30 heavy (non-hydrogen) atoms. The minimum atomic E-state index is -4.14. The van der Waals surface area contributed by atoms with Crippen molar-refractivity contribution in [1.82, 2.24) is 14.5 Å². The molecule has 0 saturated carbocycles. The molecule has 0 radical (unpaired) electrons. The quantitative estimate of drug-likeness (QED) is 0.708. The number of guanidine groups is 1. The molecule has 1 aromatic carbocycles. The smallest absolute Gasteiger partial charge is 0.254 e. The van der Waals surface area contributed by atoms with Crippen molar-refractivity contribution in [2.24, 2.45) is 11.8 Å². The molecule has 2 saturated heterocycles. The summed E-state index contributed by atoms with van der Waals surface area (Å²) in [5.74, 6) is -1.56. The summed E-state index contributed by atoms with van der Waals surface area (Å²) in [6.07, 6.45) is 1.54. The third-order valence-corrected chi connectivity index (χ3v) is 7.64. The van der Waals surface area contributed by atoms with Crippen molar-refractivity contribution in [3.8, 4) is 0 Å². The number of halogens is 2. The van der Waals surface area contributed by atoms with E-state index >= 15 is 0 Å². The van der Waals surface area contributed by atoms with Crippen LogP contribution < -0.4 is 5.32 Å². The highest BCUT2D eigenvalue weighted by atomic mass is 32.2. The monoisotopic (exact) mass is 442 g/mol. The van der Waals surface area contributed by atoms with Crippen LogP contribution in [-0.4, -0.2) is 54.7 Å². The van der Waals surface area contributed by atoms with Crippen LogP contribution in [0.25, 0.3) is 0 Å². The summed E-state index contributed by atoms with van der Waals surface area (Å²) in [6.45, 7) is 6.46. The van der Waals surface area contributed by atoms with E-state index in [0.29, 0.717) is 31.9 Å². The molecule has 1 aromatic rings. The van der Waals surface area contributed by atoms with Crippen LogP contribution in [0.3, 0.4) is 0 Å². The van der Waals surface area contributed by atoms with Crippen molar-refractivity contribution in [3.05, 3.63) is 29.8 Å². The fourth-order valence-electron chi connectivity index (χ4n) is 4.32. The van der Waals surface area contributed by atoms with Crippen LogP contribution in [-0.2, 0) is 14.8 Å². The third kappa shape index (κ3) is 4.34. The Kier molecular flexibility index (Phi) is 6.20. The predicted octanol–water partition coefficient (Wildman–Crippen LogP) is 2.54. The molecule has 7 nitrogen and oxygen atoms in total. The van der Waals surface area contributed by atoms with Gasteiger partial charge < -0.3 is 5.32 Å². The first-order valence-corrected chi connectivity index (χ1v) is 11.5. The molecule has 2 N–H and O–H groups in total.